The minimum absolute atomic E-state index is 0.455. The van der Waals surface area contributed by atoms with Crippen molar-refractivity contribution in [1.29, 1.82) is 0 Å². The molecule has 4 N–H and O–H groups in total. The normalized spacial score (nSPS) is 9.69. The number of thiocarbonyl (C=S) groups is 1. The van der Waals surface area contributed by atoms with Crippen LogP contribution < -0.4 is 16.6 Å². The molecule has 5 nitrogen and oxygen atoms in total. The SMILES string of the molecule is Cn1cnc(CCNC(=S)NN)c1. The van der Waals surface area contributed by atoms with E-state index in [4.69, 9.17) is 18.1 Å². The highest BCUT2D eigenvalue weighted by atomic mass is 32.1. The van der Waals surface area contributed by atoms with Crippen LogP contribution in [0.2, 0.25) is 0 Å². The maximum absolute atomic E-state index is 5.08. The third-order valence-electron chi connectivity index (χ3n) is 1.56. The topological polar surface area (TPSA) is 67.9 Å². The molecule has 0 fully saturated rings. The minimum Gasteiger partial charge on any atom is -0.361 e. The Balaban J connectivity index is 2.24. The van der Waals surface area contributed by atoms with Gasteiger partial charge < -0.3 is 15.3 Å². The number of aryl methyl sites for hydroxylation is 1. The lowest BCUT2D eigenvalue weighted by atomic mass is 10.3. The summed E-state index contributed by atoms with van der Waals surface area (Å²) in [5.74, 6) is 5.08. The Bertz CT molecular complexity index is 282. The van der Waals surface area contributed by atoms with Gasteiger partial charge in [-0.3, -0.25) is 0 Å². The molecule has 1 aromatic heterocycles. The van der Waals surface area contributed by atoms with Crippen molar-refractivity contribution in [3.8, 4) is 0 Å². The van der Waals surface area contributed by atoms with Crippen LogP contribution in [0, 0.1) is 0 Å². The van der Waals surface area contributed by atoms with E-state index in [-0.39, 0.29) is 0 Å². The number of nitrogens with zero attached hydrogens (tertiary/aromatic N) is 2. The number of hydrogen-bond donors (Lipinski definition) is 3. The fourth-order valence-corrected chi connectivity index (χ4v) is 1.05. The third kappa shape index (κ3) is 3.39. The first kappa shape index (κ1) is 9.94. The van der Waals surface area contributed by atoms with Crippen molar-refractivity contribution in [2.24, 2.45) is 12.9 Å². The zero-order chi connectivity index (χ0) is 9.68. The first-order chi connectivity index (χ1) is 6.22. The summed E-state index contributed by atoms with van der Waals surface area (Å²) in [6.45, 7) is 0.736. The van der Waals surface area contributed by atoms with Crippen LogP contribution in [0.3, 0.4) is 0 Å². The molecule has 0 spiro atoms. The standard InChI is InChI=1S/C7H13N5S/c1-12-4-6(10-5-12)2-3-9-7(13)11-8/h4-5H,2-3,8H2,1H3,(H2,9,11,13). The van der Waals surface area contributed by atoms with Crippen LogP contribution in [0.4, 0.5) is 0 Å². The molecule has 1 heterocycles. The molecule has 1 rings (SSSR count). The number of imidazole rings is 1. The zero-order valence-corrected chi connectivity index (χ0v) is 8.27. The lowest BCUT2D eigenvalue weighted by Crippen LogP contribution is -2.40. The van der Waals surface area contributed by atoms with Gasteiger partial charge in [-0.05, 0) is 12.2 Å². The molecule has 0 saturated carbocycles. The molecule has 6 heteroatoms. The van der Waals surface area contributed by atoms with Crippen LogP contribution in [0.25, 0.3) is 0 Å². The van der Waals surface area contributed by atoms with Gasteiger partial charge in [0.2, 0.25) is 0 Å². The van der Waals surface area contributed by atoms with Crippen molar-refractivity contribution in [2.45, 2.75) is 6.42 Å². The van der Waals surface area contributed by atoms with Gasteiger partial charge in [0, 0.05) is 26.2 Å². The summed E-state index contributed by atoms with van der Waals surface area (Å²) in [6, 6.07) is 0. The van der Waals surface area contributed by atoms with Crippen molar-refractivity contribution in [1.82, 2.24) is 20.3 Å². The van der Waals surface area contributed by atoms with Crippen LogP contribution >= 0.6 is 12.2 Å². The predicted molar refractivity (Wildman–Crippen MR) is 54.8 cm³/mol. The first-order valence-electron chi connectivity index (χ1n) is 3.93. The minimum atomic E-state index is 0.455. The summed E-state index contributed by atoms with van der Waals surface area (Å²) in [5.41, 5.74) is 3.39. The quantitative estimate of drug-likeness (QED) is 0.341. The van der Waals surface area contributed by atoms with Gasteiger partial charge in [0.1, 0.15) is 0 Å². The molecule has 0 aliphatic heterocycles. The van der Waals surface area contributed by atoms with E-state index in [1.54, 1.807) is 6.33 Å². The Labute approximate surface area is 82.3 Å². The van der Waals surface area contributed by atoms with Gasteiger partial charge in [-0.25, -0.2) is 10.8 Å². The van der Waals surface area contributed by atoms with E-state index >= 15 is 0 Å². The number of nitrogens with one attached hydrogen (secondary N) is 2. The Morgan fingerprint density at radius 1 is 1.77 bits per heavy atom. The average molecular weight is 199 g/mol. The van der Waals surface area contributed by atoms with Crippen LogP contribution in [0.5, 0.6) is 0 Å². The van der Waals surface area contributed by atoms with Crippen LogP contribution in [0.1, 0.15) is 5.69 Å². The van der Waals surface area contributed by atoms with E-state index in [9.17, 15) is 0 Å². The van der Waals surface area contributed by atoms with Crippen LogP contribution in [0.15, 0.2) is 12.5 Å². The van der Waals surface area contributed by atoms with E-state index in [0.717, 1.165) is 18.7 Å². The van der Waals surface area contributed by atoms with Crippen molar-refractivity contribution in [3.63, 3.8) is 0 Å². The third-order valence-corrected chi connectivity index (χ3v) is 1.82. The highest BCUT2D eigenvalue weighted by Crippen LogP contribution is 1.93. The molecule has 0 aliphatic carbocycles. The zero-order valence-electron chi connectivity index (χ0n) is 7.45. The first-order valence-corrected chi connectivity index (χ1v) is 4.34. The smallest absolute Gasteiger partial charge is 0.180 e. The monoisotopic (exact) mass is 199 g/mol. The Morgan fingerprint density at radius 2 is 2.54 bits per heavy atom. The Morgan fingerprint density at radius 3 is 3.08 bits per heavy atom. The van der Waals surface area contributed by atoms with Gasteiger partial charge in [-0.2, -0.15) is 0 Å². The largest absolute Gasteiger partial charge is 0.361 e. The highest BCUT2D eigenvalue weighted by molar-refractivity contribution is 7.80. The molecule has 72 valence electrons. The van der Waals surface area contributed by atoms with Crippen molar-refractivity contribution in [2.75, 3.05) is 6.54 Å². The van der Waals surface area contributed by atoms with Gasteiger partial charge in [0.25, 0.3) is 0 Å². The lowest BCUT2D eigenvalue weighted by molar-refractivity contribution is 0.821. The van der Waals surface area contributed by atoms with Crippen molar-refractivity contribution in [3.05, 3.63) is 18.2 Å². The molecular weight excluding hydrogens is 186 g/mol. The number of aromatic nitrogens is 2. The second-order valence-electron chi connectivity index (χ2n) is 2.68. The van der Waals surface area contributed by atoms with E-state index in [1.807, 2.05) is 17.8 Å². The molecule has 13 heavy (non-hydrogen) atoms. The molecule has 0 aromatic carbocycles. The molecule has 0 bridgehead atoms. The van der Waals surface area contributed by atoms with Gasteiger partial charge in [0.05, 0.1) is 12.0 Å². The molecule has 0 atom stereocenters. The molecule has 0 amide bonds. The highest BCUT2D eigenvalue weighted by Gasteiger charge is 1.96. The second kappa shape index (κ2) is 4.78. The van der Waals surface area contributed by atoms with E-state index in [0.29, 0.717) is 5.11 Å². The van der Waals surface area contributed by atoms with E-state index in [1.165, 1.54) is 0 Å². The summed E-state index contributed by atoms with van der Waals surface area (Å²) >= 11 is 4.80. The number of rotatable bonds is 3. The molecule has 0 saturated heterocycles. The van der Waals surface area contributed by atoms with Gasteiger partial charge in [-0.1, -0.05) is 0 Å². The molecule has 0 unspecified atom stereocenters. The number of hydrogen-bond acceptors (Lipinski definition) is 3. The van der Waals surface area contributed by atoms with Crippen molar-refractivity contribution >= 4 is 17.3 Å². The van der Waals surface area contributed by atoms with Crippen LogP contribution in [-0.2, 0) is 13.5 Å². The predicted octanol–water partition coefficient (Wildman–Crippen LogP) is -0.700. The van der Waals surface area contributed by atoms with E-state index in [2.05, 4.69) is 15.7 Å². The summed E-state index contributed by atoms with van der Waals surface area (Å²) in [7, 11) is 1.94. The Hall–Kier alpha value is -1.14. The van der Waals surface area contributed by atoms with Crippen molar-refractivity contribution < 1.29 is 0 Å². The fraction of sp³-hybridized carbons (Fsp3) is 0.429. The van der Waals surface area contributed by atoms with E-state index < -0.39 is 0 Å². The maximum atomic E-state index is 5.08. The number of hydrazine groups is 1. The summed E-state index contributed by atoms with van der Waals surface area (Å²) in [4.78, 5) is 4.17. The molecule has 1 aromatic rings. The molecule has 0 radical (unpaired) electrons. The van der Waals surface area contributed by atoms with Gasteiger partial charge in [-0.15, -0.1) is 0 Å². The van der Waals surface area contributed by atoms with Gasteiger partial charge >= 0.3 is 0 Å². The average Bonchev–Trinajstić information content (AvgIpc) is 2.51. The maximum Gasteiger partial charge on any atom is 0.180 e. The molecule has 0 aliphatic rings. The molecular formula is C7H13N5S. The summed E-state index contributed by atoms with van der Waals surface area (Å²) in [5, 5.41) is 3.39. The number of nitrogens with two attached hydrogens (primary N) is 1. The Kier molecular flexibility index (Phi) is 3.66. The lowest BCUT2D eigenvalue weighted by Gasteiger charge is -2.04. The van der Waals surface area contributed by atoms with Gasteiger partial charge in [0.15, 0.2) is 5.11 Å². The fourth-order valence-electron chi connectivity index (χ4n) is 0.951. The van der Waals surface area contributed by atoms with Crippen LogP contribution in [-0.4, -0.2) is 21.2 Å². The summed E-state index contributed by atoms with van der Waals surface area (Å²) < 4.78 is 1.91. The second-order valence-corrected chi connectivity index (χ2v) is 3.09. The summed E-state index contributed by atoms with van der Waals surface area (Å²) in [6.07, 6.45) is 4.58.